The fourth-order valence-corrected chi connectivity index (χ4v) is 1.09. The molecule has 0 saturated carbocycles. The molecular weight excluding hydrogens is 166 g/mol. The average Bonchev–Trinajstić information content (AvgIpc) is 2.19. The summed E-state index contributed by atoms with van der Waals surface area (Å²) >= 11 is 0. The van der Waals surface area contributed by atoms with Gasteiger partial charge in [0.1, 0.15) is 6.61 Å². The van der Waals surface area contributed by atoms with E-state index in [2.05, 4.69) is 4.98 Å². The first kappa shape index (κ1) is 9.86. The molecule has 70 valence electrons. The quantitative estimate of drug-likeness (QED) is 0.732. The van der Waals surface area contributed by atoms with Crippen LogP contribution in [0.5, 0.6) is 0 Å². The highest BCUT2D eigenvalue weighted by atomic mass is 16.3. The number of Topliss-reactive ketones (excluding diaryl/α,β-unsaturated/α-hetero) is 1. The van der Waals surface area contributed by atoms with Gasteiger partial charge in [-0.05, 0) is 25.0 Å². The molecule has 0 spiro atoms. The summed E-state index contributed by atoms with van der Waals surface area (Å²) in [6, 6.07) is 5.72. The number of aryl methyl sites for hydroxylation is 1. The number of carbonyl (C=O) groups is 1. The monoisotopic (exact) mass is 179 g/mol. The third-order valence-electron chi connectivity index (χ3n) is 1.79. The van der Waals surface area contributed by atoms with Gasteiger partial charge in [0.15, 0.2) is 5.78 Å². The minimum absolute atomic E-state index is 0.101. The highest BCUT2D eigenvalue weighted by Gasteiger charge is 1.99. The molecule has 0 radical (unpaired) electrons. The first-order chi connectivity index (χ1) is 6.33. The zero-order chi connectivity index (χ0) is 9.52. The molecule has 3 nitrogen and oxygen atoms in total. The maximum Gasteiger partial charge on any atom is 0.158 e. The van der Waals surface area contributed by atoms with Gasteiger partial charge < -0.3 is 5.11 Å². The lowest BCUT2D eigenvalue weighted by molar-refractivity contribution is -0.121. The van der Waals surface area contributed by atoms with Crippen molar-refractivity contribution < 1.29 is 9.90 Å². The summed E-state index contributed by atoms with van der Waals surface area (Å²) in [5.41, 5.74) is 0.994. The molecule has 0 aliphatic carbocycles. The van der Waals surface area contributed by atoms with Crippen LogP contribution in [0.25, 0.3) is 0 Å². The molecule has 0 bridgehead atoms. The fourth-order valence-electron chi connectivity index (χ4n) is 1.09. The second kappa shape index (κ2) is 5.43. The topological polar surface area (TPSA) is 50.2 Å². The van der Waals surface area contributed by atoms with Crippen molar-refractivity contribution in [3.63, 3.8) is 0 Å². The molecule has 1 rings (SSSR count). The van der Waals surface area contributed by atoms with Gasteiger partial charge in [-0.1, -0.05) is 6.07 Å². The fraction of sp³-hybridized carbons (Fsp3) is 0.400. The van der Waals surface area contributed by atoms with Gasteiger partial charge in [0, 0.05) is 18.3 Å². The van der Waals surface area contributed by atoms with Crippen LogP contribution in [0.4, 0.5) is 0 Å². The number of nitrogens with zero attached hydrogens (tertiary/aromatic N) is 1. The van der Waals surface area contributed by atoms with Gasteiger partial charge in [-0.3, -0.25) is 9.78 Å². The van der Waals surface area contributed by atoms with E-state index in [0.717, 1.165) is 18.5 Å². The Hall–Kier alpha value is -1.22. The molecular formula is C10H13NO2. The summed E-state index contributed by atoms with van der Waals surface area (Å²) in [4.78, 5) is 14.9. The number of aliphatic hydroxyl groups is 1. The molecule has 1 aromatic rings. The molecule has 13 heavy (non-hydrogen) atoms. The van der Waals surface area contributed by atoms with Crippen molar-refractivity contribution in [2.75, 3.05) is 6.61 Å². The number of aromatic nitrogens is 1. The molecule has 0 aliphatic rings. The summed E-state index contributed by atoms with van der Waals surface area (Å²) in [5.74, 6) is -0.101. The Kier molecular flexibility index (Phi) is 4.12. The van der Waals surface area contributed by atoms with E-state index < -0.39 is 0 Å². The van der Waals surface area contributed by atoms with Crippen LogP contribution in [-0.4, -0.2) is 22.5 Å². The molecule has 0 fully saturated rings. The molecule has 0 amide bonds. The number of hydrogen-bond donors (Lipinski definition) is 1. The van der Waals surface area contributed by atoms with Crippen molar-refractivity contribution in [3.05, 3.63) is 30.1 Å². The molecule has 1 heterocycles. The molecule has 0 aromatic carbocycles. The Morgan fingerprint density at radius 2 is 2.31 bits per heavy atom. The van der Waals surface area contributed by atoms with Gasteiger partial charge in [-0.25, -0.2) is 0 Å². The third-order valence-corrected chi connectivity index (χ3v) is 1.79. The predicted octanol–water partition coefficient (Wildman–Crippen LogP) is 0.966. The van der Waals surface area contributed by atoms with Crippen molar-refractivity contribution in [1.82, 2.24) is 4.98 Å². The van der Waals surface area contributed by atoms with E-state index in [1.807, 2.05) is 18.2 Å². The molecule has 1 aromatic heterocycles. The van der Waals surface area contributed by atoms with Gasteiger partial charge in [0.25, 0.3) is 0 Å². The zero-order valence-electron chi connectivity index (χ0n) is 7.44. The van der Waals surface area contributed by atoms with Crippen LogP contribution in [0.1, 0.15) is 18.5 Å². The lowest BCUT2D eigenvalue weighted by Crippen LogP contribution is -2.03. The molecule has 0 unspecified atom stereocenters. The van der Waals surface area contributed by atoms with Crippen LogP contribution >= 0.6 is 0 Å². The van der Waals surface area contributed by atoms with Gasteiger partial charge in [0.2, 0.25) is 0 Å². The van der Waals surface area contributed by atoms with E-state index in [1.165, 1.54) is 0 Å². The first-order valence-corrected chi connectivity index (χ1v) is 4.35. The summed E-state index contributed by atoms with van der Waals surface area (Å²) in [6.45, 7) is -0.345. The maximum atomic E-state index is 10.7. The van der Waals surface area contributed by atoms with Crippen LogP contribution in [0, 0.1) is 0 Å². The lowest BCUT2D eigenvalue weighted by atomic mass is 10.1. The minimum Gasteiger partial charge on any atom is -0.389 e. The van der Waals surface area contributed by atoms with E-state index in [-0.39, 0.29) is 12.4 Å². The van der Waals surface area contributed by atoms with E-state index in [9.17, 15) is 4.79 Å². The highest BCUT2D eigenvalue weighted by Crippen LogP contribution is 2.01. The molecule has 0 atom stereocenters. The number of rotatable bonds is 5. The van der Waals surface area contributed by atoms with Crippen molar-refractivity contribution in [1.29, 1.82) is 0 Å². The van der Waals surface area contributed by atoms with Gasteiger partial charge in [-0.15, -0.1) is 0 Å². The van der Waals surface area contributed by atoms with Crippen molar-refractivity contribution in [2.24, 2.45) is 0 Å². The molecule has 0 aliphatic heterocycles. The maximum absolute atomic E-state index is 10.7. The average molecular weight is 179 g/mol. The summed E-state index contributed by atoms with van der Waals surface area (Å²) in [7, 11) is 0. The number of aliphatic hydroxyl groups excluding tert-OH is 1. The van der Waals surface area contributed by atoms with Gasteiger partial charge in [-0.2, -0.15) is 0 Å². The van der Waals surface area contributed by atoms with E-state index in [0.29, 0.717) is 6.42 Å². The molecule has 3 heteroatoms. The van der Waals surface area contributed by atoms with Crippen molar-refractivity contribution in [3.8, 4) is 0 Å². The standard InChI is InChI=1S/C10H13NO2/c12-8-10(13)6-3-5-9-4-1-2-7-11-9/h1-2,4,7,12H,3,5-6,8H2. The lowest BCUT2D eigenvalue weighted by Gasteiger charge is -1.98. The van der Waals surface area contributed by atoms with E-state index >= 15 is 0 Å². The number of pyridine rings is 1. The van der Waals surface area contributed by atoms with Gasteiger partial charge >= 0.3 is 0 Å². The largest absolute Gasteiger partial charge is 0.389 e. The summed E-state index contributed by atoms with van der Waals surface area (Å²) < 4.78 is 0. The Morgan fingerprint density at radius 3 is 2.92 bits per heavy atom. The second-order valence-electron chi connectivity index (χ2n) is 2.87. The van der Waals surface area contributed by atoms with Crippen molar-refractivity contribution in [2.45, 2.75) is 19.3 Å². The predicted molar refractivity (Wildman–Crippen MR) is 49.3 cm³/mol. The number of ketones is 1. The highest BCUT2D eigenvalue weighted by molar-refractivity contribution is 5.79. The molecule has 0 saturated heterocycles. The minimum atomic E-state index is -0.345. The Bertz CT molecular complexity index is 259. The van der Waals surface area contributed by atoms with Gasteiger partial charge in [0.05, 0.1) is 0 Å². The van der Waals surface area contributed by atoms with E-state index in [4.69, 9.17) is 5.11 Å². The number of hydrogen-bond acceptors (Lipinski definition) is 3. The number of carbonyl (C=O) groups excluding carboxylic acids is 1. The van der Waals surface area contributed by atoms with Crippen molar-refractivity contribution >= 4 is 5.78 Å². The van der Waals surface area contributed by atoms with E-state index in [1.54, 1.807) is 6.20 Å². The Balaban J connectivity index is 2.24. The second-order valence-corrected chi connectivity index (χ2v) is 2.87. The normalized spacial score (nSPS) is 9.92. The van der Waals surface area contributed by atoms with Crippen LogP contribution in [0.2, 0.25) is 0 Å². The zero-order valence-corrected chi connectivity index (χ0v) is 7.44. The first-order valence-electron chi connectivity index (χ1n) is 4.35. The third kappa shape index (κ3) is 3.80. The molecule has 1 N–H and O–H groups in total. The smallest absolute Gasteiger partial charge is 0.158 e. The Morgan fingerprint density at radius 1 is 1.46 bits per heavy atom. The van der Waals surface area contributed by atoms with Crippen LogP contribution < -0.4 is 0 Å². The summed E-state index contributed by atoms with van der Waals surface area (Å²) in [6.07, 6.45) is 3.74. The van der Waals surface area contributed by atoms with Crippen LogP contribution in [0.3, 0.4) is 0 Å². The SMILES string of the molecule is O=C(CO)CCCc1ccccn1. The summed E-state index contributed by atoms with van der Waals surface area (Å²) in [5, 5.41) is 8.47. The van der Waals surface area contributed by atoms with Crippen LogP contribution in [-0.2, 0) is 11.2 Å². The van der Waals surface area contributed by atoms with Crippen LogP contribution in [0.15, 0.2) is 24.4 Å². The Labute approximate surface area is 77.4 Å².